The Bertz CT molecular complexity index is 1790. The highest BCUT2D eigenvalue weighted by atomic mass is 16.6. The molecule has 1 saturated carbocycles. The first-order valence-electron chi connectivity index (χ1n) is 23.5. The zero-order valence-electron chi connectivity index (χ0n) is 39.5. The van der Waals surface area contributed by atoms with E-state index in [0.29, 0.717) is 69.8 Å². The van der Waals surface area contributed by atoms with Crippen molar-refractivity contribution in [3.8, 4) is 0 Å². The summed E-state index contributed by atoms with van der Waals surface area (Å²) < 4.78 is 29.4. The minimum atomic E-state index is -2.43. The Labute approximate surface area is 379 Å². The monoisotopic (exact) mass is 898 g/mol. The summed E-state index contributed by atoms with van der Waals surface area (Å²) in [5, 5.41) is 34.1. The maximum Gasteiger partial charge on any atom is 0.329 e. The van der Waals surface area contributed by atoms with Crippen molar-refractivity contribution in [2.24, 2.45) is 41.4 Å². The lowest BCUT2D eigenvalue weighted by atomic mass is 9.68. The molecule has 358 valence electrons. The van der Waals surface area contributed by atoms with Crippen molar-refractivity contribution in [3.05, 3.63) is 47.6 Å². The molecule has 12 unspecified atom stereocenters. The van der Waals surface area contributed by atoms with Gasteiger partial charge in [0.05, 0.1) is 24.4 Å². The van der Waals surface area contributed by atoms with E-state index in [-0.39, 0.29) is 42.5 Å². The van der Waals surface area contributed by atoms with Gasteiger partial charge in [-0.2, -0.15) is 0 Å². The van der Waals surface area contributed by atoms with E-state index in [0.717, 1.165) is 5.57 Å². The number of aliphatic hydroxyl groups excluding tert-OH is 2. The Morgan fingerprint density at radius 2 is 1.58 bits per heavy atom. The van der Waals surface area contributed by atoms with Gasteiger partial charge in [-0.25, -0.2) is 4.79 Å². The van der Waals surface area contributed by atoms with Gasteiger partial charge in [-0.3, -0.25) is 19.2 Å². The maximum atomic E-state index is 14.4. The summed E-state index contributed by atoms with van der Waals surface area (Å²) in [6.45, 7) is 10.9. The first kappa shape index (κ1) is 51.6. The number of piperidine rings is 1. The third-order valence-corrected chi connectivity index (χ3v) is 14.9. The molecular weight excluding hydrogens is 823 g/mol. The summed E-state index contributed by atoms with van der Waals surface area (Å²) >= 11 is 0. The predicted molar refractivity (Wildman–Crippen MR) is 238 cm³/mol. The summed E-state index contributed by atoms with van der Waals surface area (Å²) in [6.07, 6.45) is 10.8. The van der Waals surface area contributed by atoms with Crippen LogP contribution in [0.3, 0.4) is 0 Å². The van der Waals surface area contributed by atoms with E-state index in [1.807, 2.05) is 51.2 Å². The number of carbonyl (C=O) groups excluding carboxylic acids is 5. The van der Waals surface area contributed by atoms with Crippen LogP contribution >= 0.6 is 0 Å². The molecule has 0 aromatic rings. The van der Waals surface area contributed by atoms with E-state index >= 15 is 0 Å². The molecule has 1 amide bonds. The molecule has 0 aromatic carbocycles. The van der Waals surface area contributed by atoms with Crippen molar-refractivity contribution in [2.45, 2.75) is 167 Å². The Balaban J connectivity index is 1.51. The van der Waals surface area contributed by atoms with Gasteiger partial charge in [-0.05, 0) is 101 Å². The number of fused-ring (bicyclic) bond motifs is 4. The Morgan fingerprint density at radius 3 is 2.27 bits per heavy atom. The van der Waals surface area contributed by atoms with E-state index in [9.17, 15) is 39.3 Å². The second-order valence-electron chi connectivity index (χ2n) is 19.5. The summed E-state index contributed by atoms with van der Waals surface area (Å²) in [4.78, 5) is 72.0. The van der Waals surface area contributed by atoms with Crippen LogP contribution in [0, 0.1) is 41.4 Å². The zero-order chi connectivity index (χ0) is 47.0. The number of rotatable bonds is 5. The summed E-state index contributed by atoms with van der Waals surface area (Å²) in [5.74, 6) is -8.43. The Hall–Kier alpha value is -3.37. The summed E-state index contributed by atoms with van der Waals surface area (Å²) in [6, 6.07) is -1.12. The van der Waals surface area contributed by atoms with Crippen molar-refractivity contribution in [3.63, 3.8) is 0 Å². The molecule has 3 N–H and O–H groups in total. The average molecular weight is 898 g/mol. The molecule has 3 saturated heterocycles. The lowest BCUT2D eigenvalue weighted by Gasteiger charge is -2.50. The number of Topliss-reactive ketones (excluding diaryl/α,β-unsaturated/α-hetero) is 3. The average Bonchev–Trinajstić information content (AvgIpc) is 3.27. The Morgan fingerprint density at radius 1 is 0.844 bits per heavy atom. The van der Waals surface area contributed by atoms with Gasteiger partial charge in [0.2, 0.25) is 5.79 Å². The Kier molecular flexibility index (Phi) is 18.5. The van der Waals surface area contributed by atoms with Gasteiger partial charge in [0.1, 0.15) is 30.1 Å². The van der Waals surface area contributed by atoms with Crippen molar-refractivity contribution >= 4 is 29.2 Å². The SMILES string of the molecule is COC1CC2CCC(C)C(O)(O2)C(=O)C(=O)N2CCC[C@@H]3C(CC4CCC(O)C(OC)C4)[C@H](CC(=O)C(C)/C=C(\C)C(O)[C@@H](OC)C(=O)C(C)C[C@H](C)/C=C/C=C/C=C/1C)OC(=O)C32. The van der Waals surface area contributed by atoms with Crippen LogP contribution in [-0.2, 0) is 47.7 Å². The molecule has 5 aliphatic rings. The first-order valence-corrected chi connectivity index (χ1v) is 23.5. The molecule has 64 heavy (non-hydrogen) atoms. The van der Waals surface area contributed by atoms with Gasteiger partial charge >= 0.3 is 5.97 Å². The fourth-order valence-corrected chi connectivity index (χ4v) is 10.9. The van der Waals surface area contributed by atoms with Crippen LogP contribution in [0.5, 0.6) is 0 Å². The number of hydrogen-bond donors (Lipinski definition) is 3. The highest BCUT2D eigenvalue weighted by Gasteiger charge is 2.57. The highest BCUT2D eigenvalue weighted by Crippen LogP contribution is 2.45. The lowest BCUT2D eigenvalue weighted by molar-refractivity contribution is -0.266. The number of aliphatic hydroxyl groups is 3. The van der Waals surface area contributed by atoms with Crippen LogP contribution in [0.1, 0.15) is 112 Å². The van der Waals surface area contributed by atoms with E-state index in [1.54, 1.807) is 41.1 Å². The standard InChI is InChI=1S/C50H75NO13/c1-28-14-11-10-12-15-29(2)40(60-7)26-35-19-17-33(6)50(59,64-35)47(56)48(57)51-21-13-16-36-37(24-34-18-20-38(52)42(25-34)61-8)41(63-49(58)43(36)51)27-39(53)30(3)23-32(5)45(55)46(62-9)44(54)31(4)22-28/h10-12,14-15,23,28,30-31,33-38,40-43,45-46,52,55,59H,13,16-22,24-27H2,1-9H3/b12-10+,14-11+,29-15+,32-23+/t28-,30?,31?,33?,34?,35?,36-,37?,38?,40?,41+,42?,43?,45?,46+,50?/m1/s1. The molecule has 5 rings (SSSR count). The first-order chi connectivity index (χ1) is 30.3. The molecule has 1 aliphatic carbocycles. The number of ether oxygens (including phenoxy) is 5. The summed E-state index contributed by atoms with van der Waals surface area (Å²) in [7, 11) is 4.52. The molecule has 0 radical (unpaired) electrons. The zero-order valence-corrected chi connectivity index (χ0v) is 39.5. The van der Waals surface area contributed by atoms with E-state index < -0.39 is 95.7 Å². The molecule has 14 heteroatoms. The molecular formula is C50H75NO13. The van der Waals surface area contributed by atoms with Gasteiger partial charge in [0, 0.05) is 64.4 Å². The second kappa shape index (κ2) is 22.9. The van der Waals surface area contributed by atoms with Crippen molar-refractivity contribution in [1.29, 1.82) is 0 Å². The molecule has 4 bridgehead atoms. The number of esters is 1. The second-order valence-corrected chi connectivity index (χ2v) is 19.5. The van der Waals surface area contributed by atoms with Gasteiger partial charge in [-0.1, -0.05) is 64.2 Å². The number of carbonyl (C=O) groups is 5. The third-order valence-electron chi connectivity index (χ3n) is 14.9. The summed E-state index contributed by atoms with van der Waals surface area (Å²) in [5.41, 5.74) is 1.28. The van der Waals surface area contributed by atoms with Gasteiger partial charge in [-0.15, -0.1) is 0 Å². The largest absolute Gasteiger partial charge is 0.460 e. The highest BCUT2D eigenvalue weighted by molar-refractivity contribution is 6.39. The van der Waals surface area contributed by atoms with Crippen molar-refractivity contribution in [2.75, 3.05) is 27.9 Å². The molecule has 16 atom stereocenters. The van der Waals surface area contributed by atoms with E-state index in [1.165, 1.54) is 12.0 Å². The van der Waals surface area contributed by atoms with Crippen LogP contribution < -0.4 is 0 Å². The number of ketones is 3. The quantitative estimate of drug-likeness (QED) is 0.181. The normalized spacial score (nSPS) is 43.2. The molecule has 0 spiro atoms. The fraction of sp³-hybridized carbons (Fsp3) is 0.740. The van der Waals surface area contributed by atoms with Crippen molar-refractivity contribution in [1.82, 2.24) is 4.90 Å². The van der Waals surface area contributed by atoms with Crippen LogP contribution in [-0.4, -0.2) is 132 Å². The molecule has 4 aliphatic heterocycles. The predicted octanol–water partition coefficient (Wildman–Crippen LogP) is 5.40. The van der Waals surface area contributed by atoms with Crippen LogP contribution in [0.2, 0.25) is 0 Å². The van der Waals surface area contributed by atoms with E-state index in [2.05, 4.69) is 0 Å². The number of hydrogen-bond acceptors (Lipinski definition) is 13. The van der Waals surface area contributed by atoms with Crippen LogP contribution in [0.15, 0.2) is 47.6 Å². The lowest BCUT2D eigenvalue weighted by Crippen LogP contribution is -2.65. The molecule has 0 aromatic heterocycles. The maximum absolute atomic E-state index is 14.4. The number of nitrogens with zero attached hydrogens (tertiary/aromatic N) is 1. The fourth-order valence-electron chi connectivity index (χ4n) is 10.9. The molecule has 4 heterocycles. The van der Waals surface area contributed by atoms with Crippen LogP contribution in [0.4, 0.5) is 0 Å². The van der Waals surface area contributed by atoms with Gasteiger partial charge in [0.25, 0.3) is 11.7 Å². The number of amides is 1. The van der Waals surface area contributed by atoms with Crippen LogP contribution in [0.25, 0.3) is 0 Å². The van der Waals surface area contributed by atoms with E-state index in [4.69, 9.17) is 23.7 Å². The minimum Gasteiger partial charge on any atom is -0.460 e. The van der Waals surface area contributed by atoms with Crippen molar-refractivity contribution < 1.29 is 63.0 Å². The number of methoxy groups -OCH3 is 3. The molecule has 14 nitrogen and oxygen atoms in total. The number of allylic oxidation sites excluding steroid dienone is 6. The van der Waals surface area contributed by atoms with Gasteiger partial charge in [0.15, 0.2) is 5.78 Å². The van der Waals surface area contributed by atoms with Gasteiger partial charge < -0.3 is 43.9 Å². The minimum absolute atomic E-state index is 0.0231. The molecule has 4 fully saturated rings. The topological polar surface area (TPSA) is 195 Å². The third kappa shape index (κ3) is 12.0. The smallest absolute Gasteiger partial charge is 0.329 e.